The zero-order valence-electron chi connectivity index (χ0n) is 20.1. The molecule has 186 valence electrons. The van der Waals surface area contributed by atoms with Crippen LogP contribution in [0.4, 0.5) is 5.82 Å². The van der Waals surface area contributed by atoms with Crippen LogP contribution in [0.1, 0.15) is 43.5 Å². The summed E-state index contributed by atoms with van der Waals surface area (Å²) >= 11 is 12.8. The second-order valence-electron chi connectivity index (χ2n) is 10.1. The van der Waals surface area contributed by atoms with Gasteiger partial charge in [-0.1, -0.05) is 23.2 Å². The van der Waals surface area contributed by atoms with E-state index in [-0.39, 0.29) is 17.6 Å². The molecule has 1 spiro atoms. The molecule has 1 aromatic carbocycles. The molecule has 1 aliphatic heterocycles. The maximum atomic E-state index is 9.91. The SMILES string of the molecule is Cc1ncc(Cl)c(C(C)Oc2ccc3[nH]nc(-c4ccc(N5CC6(CCC(O)C6)C5)nc4)c3c2)c1Cl. The van der Waals surface area contributed by atoms with Gasteiger partial charge < -0.3 is 14.7 Å². The van der Waals surface area contributed by atoms with Crippen LogP contribution in [0.3, 0.4) is 0 Å². The van der Waals surface area contributed by atoms with Crippen LogP contribution in [-0.4, -0.2) is 44.5 Å². The maximum Gasteiger partial charge on any atom is 0.128 e. The van der Waals surface area contributed by atoms with Gasteiger partial charge in [-0.3, -0.25) is 10.1 Å². The molecule has 0 amide bonds. The van der Waals surface area contributed by atoms with Crippen LogP contribution in [0.15, 0.2) is 42.7 Å². The fourth-order valence-corrected chi connectivity index (χ4v) is 6.25. The Hall–Kier alpha value is -2.87. The molecule has 2 fully saturated rings. The summed E-state index contributed by atoms with van der Waals surface area (Å²) in [6.45, 7) is 5.69. The first kappa shape index (κ1) is 23.5. The van der Waals surface area contributed by atoms with Crippen LogP contribution < -0.4 is 9.64 Å². The van der Waals surface area contributed by atoms with Gasteiger partial charge in [0.05, 0.1) is 27.4 Å². The Kier molecular flexibility index (Phi) is 5.82. The largest absolute Gasteiger partial charge is 0.486 e. The molecule has 1 saturated heterocycles. The van der Waals surface area contributed by atoms with E-state index in [1.165, 1.54) is 0 Å². The lowest BCUT2D eigenvalue weighted by Gasteiger charge is -2.49. The van der Waals surface area contributed by atoms with E-state index >= 15 is 0 Å². The van der Waals surface area contributed by atoms with Crippen molar-refractivity contribution in [3.05, 3.63) is 64.0 Å². The normalized spacial score (nSPS) is 19.6. The van der Waals surface area contributed by atoms with E-state index in [1.54, 1.807) is 6.20 Å². The summed E-state index contributed by atoms with van der Waals surface area (Å²) in [7, 11) is 0. The van der Waals surface area contributed by atoms with Gasteiger partial charge in [-0.25, -0.2) is 4.98 Å². The highest BCUT2D eigenvalue weighted by atomic mass is 35.5. The van der Waals surface area contributed by atoms with Crippen molar-refractivity contribution in [2.45, 2.75) is 45.3 Å². The summed E-state index contributed by atoms with van der Waals surface area (Å²) in [5, 5.41) is 19.5. The zero-order valence-corrected chi connectivity index (χ0v) is 21.6. The molecular formula is C27H27Cl2N5O2. The number of aryl methyl sites for hydroxylation is 1. The second kappa shape index (κ2) is 8.91. The Morgan fingerprint density at radius 3 is 2.72 bits per heavy atom. The summed E-state index contributed by atoms with van der Waals surface area (Å²) < 4.78 is 6.23. The van der Waals surface area contributed by atoms with Crippen molar-refractivity contribution in [3.63, 3.8) is 0 Å². The van der Waals surface area contributed by atoms with E-state index in [2.05, 4.69) is 26.1 Å². The van der Waals surface area contributed by atoms with Crippen LogP contribution in [0.2, 0.25) is 10.0 Å². The third-order valence-electron chi connectivity index (χ3n) is 7.51. The lowest BCUT2D eigenvalue weighted by molar-refractivity contribution is 0.142. The Bertz CT molecular complexity index is 1430. The molecule has 0 radical (unpaired) electrons. The van der Waals surface area contributed by atoms with Crippen molar-refractivity contribution in [1.82, 2.24) is 20.2 Å². The number of aliphatic hydroxyl groups is 1. The highest BCUT2D eigenvalue weighted by molar-refractivity contribution is 6.36. The average molecular weight is 524 g/mol. The molecular weight excluding hydrogens is 497 g/mol. The number of rotatable bonds is 5. The molecule has 9 heteroatoms. The molecule has 2 N–H and O–H groups in total. The average Bonchev–Trinajstić information content (AvgIpc) is 3.44. The quantitative estimate of drug-likeness (QED) is 0.327. The number of aromatic nitrogens is 4. The molecule has 2 unspecified atom stereocenters. The van der Waals surface area contributed by atoms with E-state index in [1.807, 2.05) is 44.3 Å². The first-order chi connectivity index (χ1) is 17.3. The number of hydrogen-bond acceptors (Lipinski definition) is 6. The van der Waals surface area contributed by atoms with Gasteiger partial charge in [0.2, 0.25) is 0 Å². The van der Waals surface area contributed by atoms with Crippen LogP contribution in [0.5, 0.6) is 5.75 Å². The molecule has 6 rings (SSSR count). The number of halogens is 2. The molecule has 0 bridgehead atoms. The number of nitrogens with zero attached hydrogens (tertiary/aromatic N) is 4. The lowest BCUT2D eigenvalue weighted by atomic mass is 9.78. The standard InChI is InChI=1S/C27H27Cl2N5O2/c1-15-25(29)24(21(28)12-30-15)16(2)36-19-4-5-22-20(9-19)26(33-32-22)17-3-6-23(31-11-17)34-13-27(14-34)8-7-18(35)10-27/h3-6,9,11-12,16,18,35H,7-8,10,13-14H2,1-2H3,(H,32,33). The summed E-state index contributed by atoms with van der Waals surface area (Å²) in [5.74, 6) is 1.65. The molecule has 3 aromatic heterocycles. The van der Waals surface area contributed by atoms with Crippen molar-refractivity contribution in [3.8, 4) is 17.0 Å². The van der Waals surface area contributed by atoms with E-state index in [0.29, 0.717) is 21.5 Å². The minimum Gasteiger partial charge on any atom is -0.486 e. The predicted octanol–water partition coefficient (Wildman–Crippen LogP) is 6.13. The van der Waals surface area contributed by atoms with Crippen molar-refractivity contribution in [1.29, 1.82) is 0 Å². The van der Waals surface area contributed by atoms with Crippen molar-refractivity contribution in [2.75, 3.05) is 18.0 Å². The maximum absolute atomic E-state index is 9.91. The first-order valence-electron chi connectivity index (χ1n) is 12.2. The number of aliphatic hydroxyl groups excluding tert-OH is 1. The summed E-state index contributed by atoms with van der Waals surface area (Å²) in [4.78, 5) is 11.2. The van der Waals surface area contributed by atoms with Gasteiger partial charge >= 0.3 is 0 Å². The lowest BCUT2D eigenvalue weighted by Crippen LogP contribution is -2.55. The topological polar surface area (TPSA) is 87.2 Å². The molecule has 1 aliphatic carbocycles. The predicted molar refractivity (Wildman–Crippen MR) is 142 cm³/mol. The number of aromatic amines is 1. The molecule has 36 heavy (non-hydrogen) atoms. The number of benzene rings is 1. The van der Waals surface area contributed by atoms with Gasteiger partial charge in [-0.15, -0.1) is 0 Å². The minimum atomic E-state index is -0.360. The number of ether oxygens (including phenoxy) is 1. The second-order valence-corrected chi connectivity index (χ2v) is 10.9. The number of anilines is 1. The van der Waals surface area contributed by atoms with Gasteiger partial charge in [0.25, 0.3) is 0 Å². The van der Waals surface area contributed by atoms with E-state index < -0.39 is 0 Å². The van der Waals surface area contributed by atoms with Gasteiger partial charge in [-0.2, -0.15) is 5.10 Å². The molecule has 2 aliphatic rings. The van der Waals surface area contributed by atoms with Gasteiger partial charge in [-0.05, 0) is 63.4 Å². The minimum absolute atomic E-state index is 0.143. The Morgan fingerprint density at radius 1 is 1.17 bits per heavy atom. The van der Waals surface area contributed by atoms with Gasteiger partial charge in [0, 0.05) is 47.4 Å². The molecule has 4 heterocycles. The highest BCUT2D eigenvalue weighted by Gasteiger charge is 2.48. The van der Waals surface area contributed by atoms with Crippen LogP contribution in [0, 0.1) is 12.3 Å². The van der Waals surface area contributed by atoms with Crippen molar-refractivity contribution >= 4 is 39.9 Å². The number of fused-ring (bicyclic) bond motifs is 1. The fraction of sp³-hybridized carbons (Fsp3) is 0.370. The molecule has 2 atom stereocenters. The molecule has 7 nitrogen and oxygen atoms in total. The Morgan fingerprint density at radius 2 is 2.00 bits per heavy atom. The first-order valence-corrected chi connectivity index (χ1v) is 12.9. The van der Waals surface area contributed by atoms with Crippen LogP contribution in [-0.2, 0) is 0 Å². The van der Waals surface area contributed by atoms with Crippen molar-refractivity contribution in [2.24, 2.45) is 5.41 Å². The van der Waals surface area contributed by atoms with E-state index in [0.717, 1.165) is 65.9 Å². The van der Waals surface area contributed by atoms with E-state index in [9.17, 15) is 5.11 Å². The number of H-pyrrole nitrogens is 1. The zero-order chi connectivity index (χ0) is 25.0. The number of hydrogen-bond donors (Lipinski definition) is 2. The van der Waals surface area contributed by atoms with Crippen molar-refractivity contribution < 1.29 is 9.84 Å². The smallest absolute Gasteiger partial charge is 0.128 e. The Balaban J connectivity index is 1.22. The van der Waals surface area contributed by atoms with E-state index in [4.69, 9.17) is 32.9 Å². The number of nitrogens with one attached hydrogen (secondary N) is 1. The summed E-state index contributed by atoms with van der Waals surface area (Å²) in [6, 6.07) is 9.93. The third-order valence-corrected chi connectivity index (χ3v) is 8.29. The molecule has 1 saturated carbocycles. The van der Waals surface area contributed by atoms with Crippen LogP contribution in [0.25, 0.3) is 22.2 Å². The van der Waals surface area contributed by atoms with Gasteiger partial charge in [0.15, 0.2) is 0 Å². The van der Waals surface area contributed by atoms with Gasteiger partial charge in [0.1, 0.15) is 23.4 Å². The summed E-state index contributed by atoms with van der Waals surface area (Å²) in [5.41, 5.74) is 4.36. The highest BCUT2D eigenvalue weighted by Crippen LogP contribution is 2.46. The number of pyridine rings is 2. The fourth-order valence-electron chi connectivity index (χ4n) is 5.60. The van der Waals surface area contributed by atoms with Crippen LogP contribution >= 0.6 is 23.2 Å². The monoisotopic (exact) mass is 523 g/mol. The summed E-state index contributed by atoms with van der Waals surface area (Å²) in [6.07, 6.45) is 5.89. The third kappa shape index (κ3) is 4.09. The Labute approximate surface area is 219 Å². The molecule has 4 aromatic rings.